The normalized spacial score (nSPS) is 10.5. The van der Waals surface area contributed by atoms with Crippen molar-refractivity contribution in [2.45, 2.75) is 6.42 Å². The van der Waals surface area contributed by atoms with E-state index in [1.807, 2.05) is 0 Å². The van der Waals surface area contributed by atoms with E-state index in [1.54, 1.807) is 18.2 Å². The fourth-order valence-corrected chi connectivity index (χ4v) is 1.87. The predicted octanol–water partition coefficient (Wildman–Crippen LogP) is 3.91. The number of hydrogen-bond acceptors (Lipinski definition) is 2. The summed E-state index contributed by atoms with van der Waals surface area (Å²) in [4.78, 5) is 0. The molecule has 0 spiro atoms. The molecule has 19 heavy (non-hydrogen) atoms. The highest BCUT2D eigenvalue weighted by atomic mass is 35.5. The van der Waals surface area contributed by atoms with Gasteiger partial charge in [0.2, 0.25) is 5.82 Å². The SMILES string of the molecule is NCCc1cc(Cl)ccc1Oc1cccc(F)c1F. The van der Waals surface area contributed by atoms with Crippen molar-refractivity contribution in [3.05, 3.63) is 58.6 Å². The highest BCUT2D eigenvalue weighted by Gasteiger charge is 2.12. The number of hydrogen-bond donors (Lipinski definition) is 1. The zero-order valence-electron chi connectivity index (χ0n) is 10.00. The van der Waals surface area contributed by atoms with Crippen molar-refractivity contribution < 1.29 is 13.5 Å². The lowest BCUT2D eigenvalue weighted by Crippen LogP contribution is -2.04. The first-order valence-electron chi connectivity index (χ1n) is 5.72. The summed E-state index contributed by atoms with van der Waals surface area (Å²) in [6.07, 6.45) is 0.535. The number of ether oxygens (including phenoxy) is 1. The molecular formula is C14H12ClF2NO. The molecule has 0 saturated carbocycles. The Bertz CT molecular complexity index is 590. The molecule has 0 fully saturated rings. The fourth-order valence-electron chi connectivity index (χ4n) is 1.68. The largest absolute Gasteiger partial charge is 0.454 e. The third-order valence-corrected chi connectivity index (χ3v) is 2.81. The van der Waals surface area contributed by atoms with Gasteiger partial charge in [-0.2, -0.15) is 4.39 Å². The molecular weight excluding hydrogens is 272 g/mol. The van der Waals surface area contributed by atoms with Crippen LogP contribution in [0.2, 0.25) is 5.02 Å². The van der Waals surface area contributed by atoms with E-state index in [2.05, 4.69) is 0 Å². The molecule has 0 aromatic heterocycles. The van der Waals surface area contributed by atoms with Crippen molar-refractivity contribution in [3.63, 3.8) is 0 Å². The number of rotatable bonds is 4. The summed E-state index contributed by atoms with van der Waals surface area (Å²) in [5.74, 6) is -1.72. The molecule has 2 nitrogen and oxygen atoms in total. The minimum Gasteiger partial charge on any atom is -0.454 e. The summed E-state index contributed by atoms with van der Waals surface area (Å²) in [5.41, 5.74) is 6.24. The lowest BCUT2D eigenvalue weighted by Gasteiger charge is -2.11. The van der Waals surface area contributed by atoms with E-state index in [-0.39, 0.29) is 5.75 Å². The molecule has 0 aliphatic carbocycles. The molecule has 100 valence electrons. The van der Waals surface area contributed by atoms with E-state index in [9.17, 15) is 8.78 Å². The number of nitrogens with two attached hydrogens (primary N) is 1. The van der Waals surface area contributed by atoms with Gasteiger partial charge < -0.3 is 10.5 Å². The van der Waals surface area contributed by atoms with Gasteiger partial charge in [0.05, 0.1) is 0 Å². The Morgan fingerprint density at radius 3 is 2.63 bits per heavy atom. The minimum absolute atomic E-state index is 0.166. The Morgan fingerprint density at radius 1 is 1.11 bits per heavy atom. The highest BCUT2D eigenvalue weighted by Crippen LogP contribution is 2.30. The topological polar surface area (TPSA) is 35.2 Å². The first-order chi connectivity index (χ1) is 9.11. The Hall–Kier alpha value is -1.65. The molecule has 0 atom stereocenters. The van der Waals surface area contributed by atoms with E-state index < -0.39 is 11.6 Å². The molecule has 5 heteroatoms. The van der Waals surface area contributed by atoms with E-state index in [0.717, 1.165) is 11.6 Å². The third kappa shape index (κ3) is 3.22. The van der Waals surface area contributed by atoms with Gasteiger partial charge in [-0.25, -0.2) is 4.39 Å². The smallest absolute Gasteiger partial charge is 0.201 e. The Morgan fingerprint density at radius 2 is 1.89 bits per heavy atom. The van der Waals surface area contributed by atoms with Crippen LogP contribution in [0.4, 0.5) is 8.78 Å². The van der Waals surface area contributed by atoms with Gasteiger partial charge in [-0.15, -0.1) is 0 Å². The summed E-state index contributed by atoms with van der Waals surface area (Å²) in [6, 6.07) is 8.70. The summed E-state index contributed by atoms with van der Waals surface area (Å²) >= 11 is 5.88. The van der Waals surface area contributed by atoms with Gasteiger partial charge in [-0.3, -0.25) is 0 Å². The second-order valence-electron chi connectivity index (χ2n) is 3.94. The van der Waals surface area contributed by atoms with Crippen molar-refractivity contribution in [3.8, 4) is 11.5 Å². The van der Waals surface area contributed by atoms with E-state index in [0.29, 0.717) is 23.7 Å². The van der Waals surface area contributed by atoms with Crippen LogP contribution in [0.3, 0.4) is 0 Å². The molecule has 2 N–H and O–H groups in total. The maximum Gasteiger partial charge on any atom is 0.201 e. The quantitative estimate of drug-likeness (QED) is 0.923. The van der Waals surface area contributed by atoms with Gasteiger partial charge in [0, 0.05) is 5.02 Å². The molecule has 0 saturated heterocycles. The van der Waals surface area contributed by atoms with Crippen LogP contribution in [-0.2, 0) is 6.42 Å². The first-order valence-corrected chi connectivity index (χ1v) is 6.10. The molecule has 2 aromatic rings. The average molecular weight is 284 g/mol. The molecule has 0 bridgehead atoms. The molecule has 0 amide bonds. The lowest BCUT2D eigenvalue weighted by atomic mass is 10.1. The molecule has 2 aromatic carbocycles. The fraction of sp³-hybridized carbons (Fsp3) is 0.143. The molecule has 0 aliphatic heterocycles. The Kier molecular flexibility index (Phi) is 4.35. The van der Waals surface area contributed by atoms with Crippen LogP contribution in [0.5, 0.6) is 11.5 Å². The van der Waals surface area contributed by atoms with Gasteiger partial charge in [-0.05, 0) is 48.9 Å². The van der Waals surface area contributed by atoms with Crippen molar-refractivity contribution in [2.75, 3.05) is 6.54 Å². The van der Waals surface area contributed by atoms with E-state index in [4.69, 9.17) is 22.1 Å². The Balaban J connectivity index is 2.35. The molecule has 0 radical (unpaired) electrons. The van der Waals surface area contributed by atoms with Crippen LogP contribution < -0.4 is 10.5 Å². The van der Waals surface area contributed by atoms with Crippen molar-refractivity contribution in [1.29, 1.82) is 0 Å². The summed E-state index contributed by atoms with van der Waals surface area (Å²) < 4.78 is 32.0. The van der Waals surface area contributed by atoms with Gasteiger partial charge in [0.15, 0.2) is 11.6 Å². The average Bonchev–Trinajstić information content (AvgIpc) is 2.38. The highest BCUT2D eigenvalue weighted by molar-refractivity contribution is 6.30. The lowest BCUT2D eigenvalue weighted by molar-refractivity contribution is 0.413. The van der Waals surface area contributed by atoms with Crippen LogP contribution in [-0.4, -0.2) is 6.54 Å². The maximum atomic E-state index is 13.5. The summed E-state index contributed by atoms with van der Waals surface area (Å²) in [5, 5.41) is 0.538. The third-order valence-electron chi connectivity index (χ3n) is 2.57. The second kappa shape index (κ2) is 5.99. The monoisotopic (exact) mass is 283 g/mol. The van der Waals surface area contributed by atoms with Crippen LogP contribution >= 0.6 is 11.6 Å². The van der Waals surface area contributed by atoms with Crippen LogP contribution in [0, 0.1) is 11.6 Å². The molecule has 2 rings (SSSR count). The van der Waals surface area contributed by atoms with Gasteiger partial charge in [-0.1, -0.05) is 17.7 Å². The zero-order valence-corrected chi connectivity index (χ0v) is 10.8. The molecule has 0 heterocycles. The zero-order chi connectivity index (χ0) is 13.8. The van der Waals surface area contributed by atoms with Crippen LogP contribution in [0.1, 0.15) is 5.56 Å². The van der Waals surface area contributed by atoms with Crippen LogP contribution in [0.25, 0.3) is 0 Å². The van der Waals surface area contributed by atoms with E-state index >= 15 is 0 Å². The van der Waals surface area contributed by atoms with E-state index in [1.165, 1.54) is 12.1 Å². The van der Waals surface area contributed by atoms with Crippen LogP contribution in [0.15, 0.2) is 36.4 Å². The Labute approximate surface area is 114 Å². The standard InChI is InChI=1S/C14H12ClF2NO/c15-10-4-5-12(9(8-10)6-7-18)19-13-3-1-2-11(16)14(13)17/h1-5,8H,6-7,18H2. The number of halogens is 3. The second-order valence-corrected chi connectivity index (χ2v) is 4.38. The minimum atomic E-state index is -1.02. The van der Waals surface area contributed by atoms with Crippen molar-refractivity contribution in [2.24, 2.45) is 5.73 Å². The van der Waals surface area contributed by atoms with Gasteiger partial charge in [0.1, 0.15) is 5.75 Å². The molecule has 0 unspecified atom stereocenters. The van der Waals surface area contributed by atoms with Crippen molar-refractivity contribution in [1.82, 2.24) is 0 Å². The van der Waals surface area contributed by atoms with Gasteiger partial charge >= 0.3 is 0 Å². The summed E-state index contributed by atoms with van der Waals surface area (Å²) in [7, 11) is 0. The number of benzene rings is 2. The van der Waals surface area contributed by atoms with Crippen molar-refractivity contribution >= 4 is 11.6 Å². The maximum absolute atomic E-state index is 13.5. The summed E-state index contributed by atoms with van der Waals surface area (Å²) in [6.45, 7) is 0.405. The predicted molar refractivity (Wildman–Crippen MR) is 70.6 cm³/mol. The first kappa shape index (κ1) is 13.8. The molecule has 0 aliphatic rings. The van der Waals surface area contributed by atoms with Gasteiger partial charge in [0.25, 0.3) is 0 Å².